The van der Waals surface area contributed by atoms with Gasteiger partial charge in [-0.05, 0) is 46.0 Å². The Labute approximate surface area is 184 Å². The van der Waals surface area contributed by atoms with E-state index in [1.54, 1.807) is 4.68 Å². The summed E-state index contributed by atoms with van der Waals surface area (Å²) in [6.07, 6.45) is 6.43. The Morgan fingerprint density at radius 3 is 2.71 bits per heavy atom. The lowest BCUT2D eigenvalue weighted by Gasteiger charge is -2.34. The van der Waals surface area contributed by atoms with Crippen molar-refractivity contribution in [3.8, 4) is 0 Å². The van der Waals surface area contributed by atoms with Gasteiger partial charge in [0.15, 0.2) is 5.96 Å². The second-order valence-electron chi connectivity index (χ2n) is 7.26. The molecule has 0 unspecified atom stereocenters. The maximum atomic E-state index is 12.4. The van der Waals surface area contributed by atoms with Gasteiger partial charge in [0.1, 0.15) is 5.82 Å². The van der Waals surface area contributed by atoms with E-state index in [2.05, 4.69) is 29.2 Å². The van der Waals surface area contributed by atoms with Crippen LogP contribution in [0, 0.1) is 0 Å². The van der Waals surface area contributed by atoms with Gasteiger partial charge in [-0.3, -0.25) is 9.56 Å². The largest absolute Gasteiger partial charge is 0.378 e. The molecule has 8 nitrogen and oxygen atoms in total. The SMILES string of the molecule is CCNC(=NCCCn1nc2n(c1=O)CCCC2)N1CCC(OCC)CC1.I. The minimum absolute atomic E-state index is 0. The summed E-state index contributed by atoms with van der Waals surface area (Å²) < 4.78 is 9.19. The standard InChI is InChI=1S/C19H34N6O2.HI/c1-3-20-18(23-14-9-16(10-15-23)27-4-2)21-11-7-13-25-19(26)24-12-6-5-8-17(24)22-25;/h16H,3-15H2,1-2H3,(H,20,21);1H. The summed E-state index contributed by atoms with van der Waals surface area (Å²) >= 11 is 0. The maximum Gasteiger partial charge on any atom is 0.345 e. The quantitative estimate of drug-likeness (QED) is 0.265. The van der Waals surface area contributed by atoms with Crippen LogP contribution in [-0.4, -0.2) is 64.1 Å². The highest BCUT2D eigenvalue weighted by molar-refractivity contribution is 14.0. The van der Waals surface area contributed by atoms with Crippen LogP contribution in [0.15, 0.2) is 9.79 Å². The van der Waals surface area contributed by atoms with Crippen molar-refractivity contribution in [3.63, 3.8) is 0 Å². The summed E-state index contributed by atoms with van der Waals surface area (Å²) in [5, 5.41) is 7.89. The number of nitrogens with one attached hydrogen (secondary N) is 1. The number of aliphatic imine (C=N–C) groups is 1. The number of fused-ring (bicyclic) bond motifs is 1. The van der Waals surface area contributed by atoms with Crippen LogP contribution in [0.2, 0.25) is 0 Å². The molecule has 0 aromatic carbocycles. The number of rotatable bonds is 7. The molecule has 0 radical (unpaired) electrons. The van der Waals surface area contributed by atoms with Crippen LogP contribution in [-0.2, 0) is 24.2 Å². The number of halogens is 1. The number of aromatic nitrogens is 3. The summed E-state index contributed by atoms with van der Waals surface area (Å²) in [5.41, 5.74) is 0.0404. The van der Waals surface area contributed by atoms with E-state index in [9.17, 15) is 4.79 Å². The molecule has 0 atom stereocenters. The smallest absolute Gasteiger partial charge is 0.345 e. The van der Waals surface area contributed by atoms with Crippen LogP contribution in [0.4, 0.5) is 0 Å². The van der Waals surface area contributed by atoms with Crippen molar-refractivity contribution in [2.24, 2.45) is 4.99 Å². The lowest BCUT2D eigenvalue weighted by atomic mass is 10.1. The zero-order valence-corrected chi connectivity index (χ0v) is 19.6. The topological polar surface area (TPSA) is 76.7 Å². The molecule has 9 heteroatoms. The Morgan fingerprint density at radius 2 is 2.04 bits per heavy atom. The Balaban J connectivity index is 0.00000280. The third-order valence-electron chi connectivity index (χ3n) is 5.30. The molecule has 2 aliphatic rings. The first-order valence-electron chi connectivity index (χ1n) is 10.5. The van der Waals surface area contributed by atoms with Crippen LogP contribution in [0.1, 0.15) is 51.8 Å². The van der Waals surface area contributed by atoms with E-state index in [1.165, 1.54) is 0 Å². The Morgan fingerprint density at radius 1 is 1.25 bits per heavy atom. The fraction of sp³-hybridized carbons (Fsp3) is 0.842. The molecule has 0 aliphatic carbocycles. The molecule has 1 saturated heterocycles. The van der Waals surface area contributed by atoms with Gasteiger partial charge in [-0.25, -0.2) is 9.48 Å². The number of hydrogen-bond acceptors (Lipinski definition) is 4. The molecule has 2 aliphatic heterocycles. The third-order valence-corrected chi connectivity index (χ3v) is 5.30. The van der Waals surface area contributed by atoms with Gasteiger partial charge >= 0.3 is 5.69 Å². The van der Waals surface area contributed by atoms with E-state index in [4.69, 9.17) is 9.73 Å². The van der Waals surface area contributed by atoms with Crippen molar-refractivity contribution < 1.29 is 4.74 Å². The number of piperidine rings is 1. The van der Waals surface area contributed by atoms with Gasteiger partial charge in [0.05, 0.1) is 6.10 Å². The average molecular weight is 506 g/mol. The van der Waals surface area contributed by atoms with Gasteiger partial charge < -0.3 is 15.0 Å². The zero-order valence-electron chi connectivity index (χ0n) is 17.2. The number of ether oxygens (including phenoxy) is 1. The molecule has 1 N–H and O–H groups in total. The van der Waals surface area contributed by atoms with Crippen LogP contribution in [0.5, 0.6) is 0 Å². The van der Waals surface area contributed by atoms with E-state index in [0.717, 1.165) is 83.1 Å². The van der Waals surface area contributed by atoms with Crippen molar-refractivity contribution in [3.05, 3.63) is 16.3 Å². The van der Waals surface area contributed by atoms with Crippen LogP contribution >= 0.6 is 24.0 Å². The lowest BCUT2D eigenvalue weighted by Crippen LogP contribution is -2.47. The predicted molar refractivity (Wildman–Crippen MR) is 122 cm³/mol. The Hall–Kier alpha value is -1.10. The molecule has 0 spiro atoms. The molecule has 0 amide bonds. The fourth-order valence-electron chi connectivity index (χ4n) is 3.90. The molecule has 0 saturated carbocycles. The molecule has 160 valence electrons. The minimum atomic E-state index is 0. The highest BCUT2D eigenvalue weighted by Crippen LogP contribution is 2.14. The normalized spacial score (nSPS) is 17.9. The highest BCUT2D eigenvalue weighted by atomic mass is 127. The number of nitrogens with zero attached hydrogens (tertiary/aromatic N) is 5. The summed E-state index contributed by atoms with van der Waals surface area (Å²) in [6, 6.07) is 0. The summed E-state index contributed by atoms with van der Waals surface area (Å²) in [5.74, 6) is 1.92. The number of aryl methyl sites for hydroxylation is 2. The molecule has 1 aromatic rings. The average Bonchev–Trinajstić information content (AvgIpc) is 3.01. The second kappa shape index (κ2) is 11.8. The summed E-state index contributed by atoms with van der Waals surface area (Å²) in [7, 11) is 0. The van der Waals surface area contributed by atoms with E-state index in [1.807, 2.05) is 4.57 Å². The molecular weight excluding hydrogens is 471 g/mol. The Bertz CT molecular complexity index is 678. The van der Waals surface area contributed by atoms with E-state index < -0.39 is 0 Å². The first-order valence-corrected chi connectivity index (χ1v) is 10.5. The lowest BCUT2D eigenvalue weighted by molar-refractivity contribution is 0.0264. The summed E-state index contributed by atoms with van der Waals surface area (Å²) in [6.45, 7) is 9.89. The number of guanidine groups is 1. The molecule has 3 heterocycles. The van der Waals surface area contributed by atoms with E-state index >= 15 is 0 Å². The van der Waals surface area contributed by atoms with Crippen LogP contribution < -0.4 is 11.0 Å². The Kier molecular flexibility index (Phi) is 9.76. The van der Waals surface area contributed by atoms with Crippen molar-refractivity contribution in [2.45, 2.75) is 71.6 Å². The molecule has 28 heavy (non-hydrogen) atoms. The molecule has 1 fully saturated rings. The fourth-order valence-corrected chi connectivity index (χ4v) is 3.90. The van der Waals surface area contributed by atoms with Crippen LogP contribution in [0.3, 0.4) is 0 Å². The van der Waals surface area contributed by atoms with Gasteiger partial charge in [-0.1, -0.05) is 0 Å². The molecule has 1 aromatic heterocycles. The van der Waals surface area contributed by atoms with Gasteiger partial charge in [0.25, 0.3) is 0 Å². The number of hydrogen-bond donors (Lipinski definition) is 1. The predicted octanol–water partition coefficient (Wildman–Crippen LogP) is 1.86. The van der Waals surface area contributed by atoms with Crippen molar-refractivity contribution in [1.29, 1.82) is 0 Å². The van der Waals surface area contributed by atoms with Gasteiger partial charge in [-0.15, -0.1) is 24.0 Å². The first-order chi connectivity index (χ1) is 13.2. The molecular formula is C19H35IN6O2. The summed E-state index contributed by atoms with van der Waals surface area (Å²) in [4.78, 5) is 19.5. The van der Waals surface area contributed by atoms with E-state index in [-0.39, 0.29) is 29.7 Å². The first kappa shape index (κ1) is 23.2. The maximum absolute atomic E-state index is 12.4. The number of likely N-dealkylation sites (tertiary alicyclic amines) is 1. The monoisotopic (exact) mass is 506 g/mol. The van der Waals surface area contributed by atoms with E-state index in [0.29, 0.717) is 19.2 Å². The van der Waals surface area contributed by atoms with Crippen molar-refractivity contribution in [1.82, 2.24) is 24.6 Å². The molecule has 3 rings (SSSR count). The zero-order chi connectivity index (χ0) is 19.1. The van der Waals surface area contributed by atoms with Crippen LogP contribution in [0.25, 0.3) is 0 Å². The minimum Gasteiger partial charge on any atom is -0.378 e. The third kappa shape index (κ3) is 5.95. The van der Waals surface area contributed by atoms with Crippen molar-refractivity contribution >= 4 is 29.9 Å². The second-order valence-corrected chi connectivity index (χ2v) is 7.26. The van der Waals surface area contributed by atoms with Crippen molar-refractivity contribution in [2.75, 3.05) is 32.8 Å². The van der Waals surface area contributed by atoms with Gasteiger partial charge in [0, 0.05) is 52.3 Å². The van der Waals surface area contributed by atoms with Gasteiger partial charge in [0.2, 0.25) is 0 Å². The highest BCUT2D eigenvalue weighted by Gasteiger charge is 2.21. The van der Waals surface area contributed by atoms with Gasteiger partial charge in [-0.2, -0.15) is 5.10 Å². The molecule has 0 bridgehead atoms.